The van der Waals surface area contributed by atoms with Crippen LogP contribution >= 0.6 is 27.7 Å². The third kappa shape index (κ3) is 4.66. The van der Waals surface area contributed by atoms with Crippen LogP contribution in [0.25, 0.3) is 22.3 Å². The van der Waals surface area contributed by atoms with Crippen molar-refractivity contribution in [2.75, 3.05) is 19.0 Å². The first-order valence-corrected chi connectivity index (χ1v) is 12.2. The van der Waals surface area contributed by atoms with Gasteiger partial charge in [-0.05, 0) is 37.1 Å². The van der Waals surface area contributed by atoms with Crippen LogP contribution in [-0.4, -0.2) is 44.8 Å². The van der Waals surface area contributed by atoms with Crippen molar-refractivity contribution >= 4 is 38.6 Å². The van der Waals surface area contributed by atoms with E-state index in [1.165, 1.54) is 0 Å². The largest absolute Gasteiger partial charge is 0.493 e. The van der Waals surface area contributed by atoms with Gasteiger partial charge in [-0.3, -0.25) is 4.57 Å². The van der Waals surface area contributed by atoms with E-state index in [9.17, 15) is 0 Å². The number of nitrogens with one attached hydrogen (secondary N) is 1. The summed E-state index contributed by atoms with van der Waals surface area (Å²) in [5.41, 5.74) is 2.17. The summed E-state index contributed by atoms with van der Waals surface area (Å²) in [6.45, 7) is 2.19. The molecule has 1 saturated heterocycles. The minimum atomic E-state index is 0.206. The molecule has 160 valence electrons. The smallest absolute Gasteiger partial charge is 0.191 e. The summed E-state index contributed by atoms with van der Waals surface area (Å²) >= 11 is 5.14. The van der Waals surface area contributed by atoms with Gasteiger partial charge in [0.1, 0.15) is 5.75 Å². The number of para-hydroxylation sites is 1. The first-order valence-electron chi connectivity index (χ1n) is 10.4. The molecule has 31 heavy (non-hydrogen) atoms. The summed E-state index contributed by atoms with van der Waals surface area (Å²) in [6.07, 6.45) is 4.41. The van der Waals surface area contributed by atoms with Gasteiger partial charge in [0.05, 0.1) is 19.3 Å². The van der Waals surface area contributed by atoms with E-state index in [2.05, 4.69) is 53.9 Å². The number of ether oxygens (including phenoxy) is 2. The highest BCUT2D eigenvalue weighted by Crippen LogP contribution is 2.31. The molecule has 0 amide bonds. The van der Waals surface area contributed by atoms with Crippen LogP contribution in [0.2, 0.25) is 0 Å². The molecule has 1 atom stereocenters. The average Bonchev–Trinajstić information content (AvgIpc) is 3.52. The molecule has 0 bridgehead atoms. The molecular formula is C23H23BrN4O2S. The van der Waals surface area contributed by atoms with Gasteiger partial charge in [-0.15, -0.1) is 10.2 Å². The van der Waals surface area contributed by atoms with E-state index < -0.39 is 0 Å². The van der Waals surface area contributed by atoms with Crippen molar-refractivity contribution in [2.45, 2.75) is 30.6 Å². The lowest BCUT2D eigenvalue weighted by Crippen LogP contribution is -2.17. The van der Waals surface area contributed by atoms with Gasteiger partial charge in [0.2, 0.25) is 0 Å². The van der Waals surface area contributed by atoms with E-state index in [1.54, 1.807) is 11.8 Å². The summed E-state index contributed by atoms with van der Waals surface area (Å²) < 4.78 is 15.0. The van der Waals surface area contributed by atoms with Crippen LogP contribution in [0.15, 0.2) is 64.4 Å². The second kappa shape index (κ2) is 9.46. The number of thioether (sulfide) groups is 1. The summed E-state index contributed by atoms with van der Waals surface area (Å²) in [7, 11) is 0. The minimum absolute atomic E-state index is 0.206. The lowest BCUT2D eigenvalue weighted by Gasteiger charge is -2.14. The van der Waals surface area contributed by atoms with E-state index in [4.69, 9.17) is 9.47 Å². The Morgan fingerprint density at radius 1 is 1.19 bits per heavy atom. The van der Waals surface area contributed by atoms with Crippen LogP contribution in [0, 0.1) is 0 Å². The molecule has 1 aliphatic heterocycles. The monoisotopic (exact) mass is 498 g/mol. The SMILES string of the molecule is Brc1cccc(OCCSc2nnc(-c3c[nH]c4ccccc34)n2CC2CCCO2)c1. The number of aromatic nitrogens is 4. The fourth-order valence-corrected chi connectivity index (χ4v) is 5.00. The van der Waals surface area contributed by atoms with Gasteiger partial charge in [0.15, 0.2) is 11.0 Å². The van der Waals surface area contributed by atoms with Gasteiger partial charge in [-0.1, -0.05) is 52.0 Å². The Bertz CT molecular complexity index is 1170. The maximum atomic E-state index is 5.91. The maximum absolute atomic E-state index is 5.91. The first-order chi connectivity index (χ1) is 15.3. The van der Waals surface area contributed by atoms with Gasteiger partial charge >= 0.3 is 0 Å². The summed E-state index contributed by atoms with van der Waals surface area (Å²) in [5, 5.41) is 11.1. The van der Waals surface area contributed by atoms with Crippen molar-refractivity contribution in [3.63, 3.8) is 0 Å². The zero-order valence-corrected chi connectivity index (χ0v) is 19.4. The molecule has 1 fully saturated rings. The van der Waals surface area contributed by atoms with E-state index >= 15 is 0 Å². The second-order valence-corrected chi connectivity index (χ2v) is 9.43. The molecule has 3 heterocycles. The predicted molar refractivity (Wildman–Crippen MR) is 127 cm³/mol. The van der Waals surface area contributed by atoms with Gasteiger partial charge in [-0.25, -0.2) is 0 Å². The van der Waals surface area contributed by atoms with E-state index in [-0.39, 0.29) is 6.10 Å². The van der Waals surface area contributed by atoms with Crippen molar-refractivity contribution in [3.8, 4) is 17.1 Å². The molecule has 2 aromatic carbocycles. The Labute approximate surface area is 193 Å². The molecule has 0 aliphatic carbocycles. The lowest BCUT2D eigenvalue weighted by molar-refractivity contribution is 0.0953. The number of hydrogen-bond acceptors (Lipinski definition) is 5. The number of benzene rings is 2. The Balaban J connectivity index is 1.35. The normalized spacial score (nSPS) is 16.2. The molecule has 8 heteroatoms. The summed E-state index contributed by atoms with van der Waals surface area (Å²) in [6, 6.07) is 16.2. The Kier molecular flexibility index (Phi) is 6.29. The molecular weight excluding hydrogens is 476 g/mol. The number of hydrogen-bond donors (Lipinski definition) is 1. The Morgan fingerprint density at radius 3 is 3.00 bits per heavy atom. The number of halogens is 1. The fraction of sp³-hybridized carbons (Fsp3) is 0.304. The molecule has 6 nitrogen and oxygen atoms in total. The number of H-pyrrole nitrogens is 1. The van der Waals surface area contributed by atoms with Crippen LogP contribution in [0.4, 0.5) is 0 Å². The van der Waals surface area contributed by atoms with Crippen molar-refractivity contribution in [3.05, 3.63) is 59.2 Å². The molecule has 0 saturated carbocycles. The standard InChI is InChI=1S/C23H23BrN4O2S/c24-16-5-3-6-17(13-16)30-11-12-31-23-27-26-22(28(23)15-18-7-4-10-29-18)20-14-25-21-9-2-1-8-19(20)21/h1-3,5-6,8-9,13-14,18,25H,4,7,10-12,15H2. The van der Waals surface area contributed by atoms with Gasteiger partial charge in [0, 0.05) is 39.5 Å². The van der Waals surface area contributed by atoms with Crippen molar-refractivity contribution in [1.29, 1.82) is 0 Å². The third-order valence-corrected chi connectivity index (χ3v) is 6.76. The molecule has 4 aromatic rings. The van der Waals surface area contributed by atoms with E-state index in [0.717, 1.165) is 69.4 Å². The molecule has 0 spiro atoms. The highest BCUT2D eigenvalue weighted by Gasteiger charge is 2.23. The fourth-order valence-electron chi connectivity index (χ4n) is 3.86. The van der Waals surface area contributed by atoms with Gasteiger partial charge in [0.25, 0.3) is 0 Å². The van der Waals surface area contributed by atoms with Crippen molar-refractivity contribution < 1.29 is 9.47 Å². The molecule has 1 N–H and O–H groups in total. The molecule has 1 unspecified atom stereocenters. The minimum Gasteiger partial charge on any atom is -0.493 e. The van der Waals surface area contributed by atoms with Crippen molar-refractivity contribution in [2.24, 2.45) is 0 Å². The third-order valence-electron chi connectivity index (χ3n) is 5.34. The van der Waals surface area contributed by atoms with Gasteiger partial charge in [-0.2, -0.15) is 0 Å². The number of fused-ring (bicyclic) bond motifs is 1. The second-order valence-electron chi connectivity index (χ2n) is 7.45. The van der Waals surface area contributed by atoms with Crippen LogP contribution in [0.5, 0.6) is 5.75 Å². The zero-order valence-electron chi connectivity index (χ0n) is 17.0. The number of aromatic amines is 1. The van der Waals surface area contributed by atoms with E-state index in [1.807, 2.05) is 36.5 Å². The average molecular weight is 499 g/mol. The molecule has 2 aromatic heterocycles. The Morgan fingerprint density at radius 2 is 2.13 bits per heavy atom. The highest BCUT2D eigenvalue weighted by atomic mass is 79.9. The topological polar surface area (TPSA) is 65.0 Å². The summed E-state index contributed by atoms with van der Waals surface area (Å²) in [4.78, 5) is 3.35. The van der Waals surface area contributed by atoms with Crippen LogP contribution in [0.1, 0.15) is 12.8 Å². The number of rotatable bonds is 8. The lowest BCUT2D eigenvalue weighted by atomic mass is 10.1. The highest BCUT2D eigenvalue weighted by molar-refractivity contribution is 9.10. The first kappa shape index (κ1) is 20.6. The summed E-state index contributed by atoms with van der Waals surface area (Å²) in [5.74, 6) is 2.52. The van der Waals surface area contributed by atoms with Crippen molar-refractivity contribution in [1.82, 2.24) is 19.7 Å². The predicted octanol–water partition coefficient (Wildman–Crippen LogP) is 5.54. The Hall–Kier alpha value is -2.29. The van der Waals surface area contributed by atoms with E-state index in [0.29, 0.717) is 6.61 Å². The molecule has 1 aliphatic rings. The van der Waals surface area contributed by atoms with Crippen LogP contribution < -0.4 is 4.74 Å². The molecule has 5 rings (SSSR count). The quantitative estimate of drug-likeness (QED) is 0.255. The molecule has 0 radical (unpaired) electrons. The van der Waals surface area contributed by atoms with Crippen LogP contribution in [0.3, 0.4) is 0 Å². The zero-order chi connectivity index (χ0) is 21.0. The number of nitrogens with zero attached hydrogens (tertiary/aromatic N) is 3. The van der Waals surface area contributed by atoms with Gasteiger partial charge < -0.3 is 14.5 Å². The maximum Gasteiger partial charge on any atom is 0.191 e. The van der Waals surface area contributed by atoms with Crippen LogP contribution in [-0.2, 0) is 11.3 Å².